The summed E-state index contributed by atoms with van der Waals surface area (Å²) in [6.07, 6.45) is 0. The lowest BCUT2D eigenvalue weighted by atomic mass is 9.84. The second-order valence-corrected chi connectivity index (χ2v) is 5.92. The standard InChI is InChI=1S/C23H20O3/c1-2-26-23(25)20-15-13-18(14-16-20)21(17-9-5-3-6-10-17)22(24)19-11-7-4-8-12-19/h3-16,21H,2H2,1H3. The number of esters is 1. The Balaban J connectivity index is 1.99. The summed E-state index contributed by atoms with van der Waals surface area (Å²) in [6.45, 7) is 2.11. The predicted molar refractivity (Wildman–Crippen MR) is 101 cm³/mol. The summed E-state index contributed by atoms with van der Waals surface area (Å²) in [6, 6.07) is 26.0. The van der Waals surface area contributed by atoms with Gasteiger partial charge in [-0.1, -0.05) is 72.8 Å². The maximum Gasteiger partial charge on any atom is 0.338 e. The van der Waals surface area contributed by atoms with E-state index in [9.17, 15) is 9.59 Å². The van der Waals surface area contributed by atoms with Gasteiger partial charge in [0.25, 0.3) is 0 Å². The highest BCUT2D eigenvalue weighted by atomic mass is 16.5. The lowest BCUT2D eigenvalue weighted by molar-refractivity contribution is 0.0526. The monoisotopic (exact) mass is 344 g/mol. The average Bonchev–Trinajstić information content (AvgIpc) is 2.70. The smallest absolute Gasteiger partial charge is 0.338 e. The Labute approximate surface area is 153 Å². The summed E-state index contributed by atoms with van der Waals surface area (Å²) in [5.74, 6) is -0.750. The van der Waals surface area contributed by atoms with Gasteiger partial charge in [-0.3, -0.25) is 4.79 Å². The lowest BCUT2D eigenvalue weighted by Crippen LogP contribution is -2.15. The van der Waals surface area contributed by atoms with Gasteiger partial charge in [0.15, 0.2) is 5.78 Å². The van der Waals surface area contributed by atoms with Crippen LogP contribution in [0.15, 0.2) is 84.9 Å². The van der Waals surface area contributed by atoms with Gasteiger partial charge in [-0.15, -0.1) is 0 Å². The molecule has 130 valence electrons. The molecule has 0 saturated carbocycles. The topological polar surface area (TPSA) is 43.4 Å². The van der Waals surface area contributed by atoms with Gasteiger partial charge in [0.2, 0.25) is 0 Å². The van der Waals surface area contributed by atoms with Crippen LogP contribution in [0.3, 0.4) is 0 Å². The van der Waals surface area contributed by atoms with Crippen LogP contribution in [0.5, 0.6) is 0 Å². The number of carbonyl (C=O) groups excluding carboxylic acids is 2. The van der Waals surface area contributed by atoms with Crippen molar-refractivity contribution < 1.29 is 14.3 Å². The molecule has 0 aliphatic rings. The molecule has 0 saturated heterocycles. The van der Waals surface area contributed by atoms with E-state index in [0.717, 1.165) is 11.1 Å². The number of hydrogen-bond acceptors (Lipinski definition) is 3. The van der Waals surface area contributed by atoms with Crippen LogP contribution in [0, 0.1) is 0 Å². The molecular weight excluding hydrogens is 324 g/mol. The second-order valence-electron chi connectivity index (χ2n) is 5.92. The van der Waals surface area contributed by atoms with E-state index in [1.807, 2.05) is 72.8 Å². The zero-order chi connectivity index (χ0) is 18.4. The van der Waals surface area contributed by atoms with Crippen LogP contribution in [0.2, 0.25) is 0 Å². The molecule has 0 heterocycles. The Morgan fingerprint density at radius 2 is 1.27 bits per heavy atom. The fourth-order valence-corrected chi connectivity index (χ4v) is 2.94. The largest absolute Gasteiger partial charge is 0.462 e. The van der Waals surface area contributed by atoms with Gasteiger partial charge in [-0.25, -0.2) is 4.79 Å². The molecular formula is C23H20O3. The van der Waals surface area contributed by atoms with Crippen molar-refractivity contribution in [2.24, 2.45) is 0 Å². The Morgan fingerprint density at radius 3 is 1.85 bits per heavy atom. The van der Waals surface area contributed by atoms with Gasteiger partial charge in [0, 0.05) is 5.56 Å². The molecule has 0 fully saturated rings. The van der Waals surface area contributed by atoms with Gasteiger partial charge in [0.05, 0.1) is 18.1 Å². The first kappa shape index (κ1) is 17.6. The summed E-state index contributed by atoms with van der Waals surface area (Å²) in [5.41, 5.74) is 2.91. The van der Waals surface area contributed by atoms with E-state index >= 15 is 0 Å². The molecule has 3 nitrogen and oxygen atoms in total. The molecule has 0 aromatic heterocycles. The minimum Gasteiger partial charge on any atom is -0.462 e. The van der Waals surface area contributed by atoms with Crippen LogP contribution in [0.4, 0.5) is 0 Å². The number of rotatable bonds is 6. The van der Waals surface area contributed by atoms with Crippen molar-refractivity contribution in [1.82, 2.24) is 0 Å². The fraction of sp³-hybridized carbons (Fsp3) is 0.130. The molecule has 0 spiro atoms. The Kier molecular flexibility index (Phi) is 5.59. The summed E-state index contributed by atoms with van der Waals surface area (Å²) in [5, 5.41) is 0. The molecule has 0 amide bonds. The van der Waals surface area contributed by atoms with Crippen LogP contribution >= 0.6 is 0 Å². The van der Waals surface area contributed by atoms with E-state index in [1.54, 1.807) is 19.1 Å². The number of Topliss-reactive ketones (excluding diaryl/α,β-unsaturated/α-hetero) is 1. The molecule has 0 radical (unpaired) electrons. The Hall–Kier alpha value is -3.20. The zero-order valence-corrected chi connectivity index (χ0v) is 14.6. The molecule has 1 atom stereocenters. The average molecular weight is 344 g/mol. The predicted octanol–water partition coefficient (Wildman–Crippen LogP) is 4.88. The number of benzene rings is 3. The maximum absolute atomic E-state index is 13.2. The van der Waals surface area contributed by atoms with Crippen LogP contribution < -0.4 is 0 Å². The number of hydrogen-bond donors (Lipinski definition) is 0. The van der Waals surface area contributed by atoms with E-state index in [-0.39, 0.29) is 11.8 Å². The van der Waals surface area contributed by atoms with Crippen LogP contribution in [-0.2, 0) is 4.74 Å². The highest BCUT2D eigenvalue weighted by Gasteiger charge is 2.24. The molecule has 3 heteroatoms. The van der Waals surface area contributed by atoms with E-state index in [1.165, 1.54) is 0 Å². The zero-order valence-electron chi connectivity index (χ0n) is 14.6. The minimum atomic E-state index is -0.421. The minimum absolute atomic E-state index is 0.0284. The highest BCUT2D eigenvalue weighted by Crippen LogP contribution is 2.29. The third kappa shape index (κ3) is 3.89. The first-order chi connectivity index (χ1) is 12.7. The molecule has 0 aliphatic heterocycles. The summed E-state index contributed by atoms with van der Waals surface area (Å²) < 4.78 is 5.02. The van der Waals surface area contributed by atoms with Crippen molar-refractivity contribution >= 4 is 11.8 Å². The van der Waals surface area contributed by atoms with Crippen LogP contribution in [-0.4, -0.2) is 18.4 Å². The molecule has 0 N–H and O–H groups in total. The van der Waals surface area contributed by atoms with E-state index in [4.69, 9.17) is 4.74 Å². The Bertz CT molecular complexity index is 868. The molecule has 3 aromatic rings. The molecule has 1 unspecified atom stereocenters. The maximum atomic E-state index is 13.2. The van der Waals surface area contributed by atoms with E-state index in [0.29, 0.717) is 17.7 Å². The number of ketones is 1. The van der Waals surface area contributed by atoms with Gasteiger partial charge < -0.3 is 4.74 Å². The SMILES string of the molecule is CCOC(=O)c1ccc(C(C(=O)c2ccccc2)c2ccccc2)cc1. The fourth-order valence-electron chi connectivity index (χ4n) is 2.94. The molecule has 3 rings (SSSR count). The van der Waals surface area contributed by atoms with Gasteiger partial charge in [-0.05, 0) is 30.2 Å². The van der Waals surface area contributed by atoms with E-state index < -0.39 is 5.92 Å². The number of ether oxygens (including phenoxy) is 1. The van der Waals surface area contributed by atoms with Crippen molar-refractivity contribution in [3.63, 3.8) is 0 Å². The first-order valence-corrected chi connectivity index (χ1v) is 8.62. The lowest BCUT2D eigenvalue weighted by Gasteiger charge is -2.17. The van der Waals surface area contributed by atoms with Crippen molar-refractivity contribution in [2.75, 3.05) is 6.61 Å². The Morgan fingerprint density at radius 1 is 0.731 bits per heavy atom. The third-order valence-corrected chi connectivity index (χ3v) is 4.21. The van der Waals surface area contributed by atoms with Crippen LogP contribution in [0.25, 0.3) is 0 Å². The summed E-state index contributed by atoms with van der Waals surface area (Å²) in [7, 11) is 0. The summed E-state index contributed by atoms with van der Waals surface area (Å²) >= 11 is 0. The van der Waals surface area contributed by atoms with Gasteiger partial charge in [0.1, 0.15) is 0 Å². The molecule has 0 bridgehead atoms. The highest BCUT2D eigenvalue weighted by molar-refractivity contribution is 6.03. The molecule has 26 heavy (non-hydrogen) atoms. The first-order valence-electron chi connectivity index (χ1n) is 8.62. The number of carbonyl (C=O) groups is 2. The quantitative estimate of drug-likeness (QED) is 0.473. The third-order valence-electron chi connectivity index (χ3n) is 4.21. The van der Waals surface area contributed by atoms with Crippen molar-refractivity contribution in [3.05, 3.63) is 107 Å². The molecule has 3 aromatic carbocycles. The van der Waals surface area contributed by atoms with Crippen molar-refractivity contribution in [2.45, 2.75) is 12.8 Å². The molecule has 0 aliphatic carbocycles. The second kappa shape index (κ2) is 8.26. The van der Waals surface area contributed by atoms with Gasteiger partial charge >= 0.3 is 5.97 Å². The van der Waals surface area contributed by atoms with Crippen LogP contribution in [0.1, 0.15) is 44.7 Å². The van der Waals surface area contributed by atoms with Crippen molar-refractivity contribution in [3.8, 4) is 0 Å². The summed E-state index contributed by atoms with van der Waals surface area (Å²) in [4.78, 5) is 25.0. The normalized spacial score (nSPS) is 11.6. The van der Waals surface area contributed by atoms with Gasteiger partial charge in [-0.2, -0.15) is 0 Å². The van der Waals surface area contributed by atoms with Crippen molar-refractivity contribution in [1.29, 1.82) is 0 Å². The van der Waals surface area contributed by atoms with E-state index in [2.05, 4.69) is 0 Å².